The summed E-state index contributed by atoms with van der Waals surface area (Å²) in [6, 6.07) is 0. The van der Waals surface area contributed by atoms with Gasteiger partial charge in [-0.15, -0.1) is 0 Å². The molecule has 0 radical (unpaired) electrons. The molecule has 14 nitrogen and oxygen atoms in total. The van der Waals surface area contributed by atoms with Crippen LogP contribution in [0.25, 0.3) is 0 Å². The van der Waals surface area contributed by atoms with Gasteiger partial charge in [0.25, 0.3) is 0 Å². The molecule has 5 aliphatic carbocycles. The zero-order chi connectivity index (χ0) is 40.1. The summed E-state index contributed by atoms with van der Waals surface area (Å²) in [5.41, 5.74) is -3.16. The Morgan fingerprint density at radius 2 is 1.40 bits per heavy atom. The van der Waals surface area contributed by atoms with Crippen LogP contribution in [0.15, 0.2) is 0 Å². The van der Waals surface area contributed by atoms with Crippen molar-refractivity contribution < 1.29 is 69.6 Å². The second-order valence-corrected chi connectivity index (χ2v) is 21.1. The molecule has 3 heterocycles. The highest BCUT2D eigenvalue weighted by atomic mass is 16.7. The molecule has 2 spiro atoms. The van der Waals surface area contributed by atoms with Gasteiger partial charge in [-0.2, -0.15) is 0 Å². The van der Waals surface area contributed by atoms with E-state index < -0.39 is 96.8 Å². The molecule has 21 atom stereocenters. The average Bonchev–Trinajstić information content (AvgIpc) is 3.47. The molecule has 0 unspecified atom stereocenters. The van der Waals surface area contributed by atoms with Crippen LogP contribution < -0.4 is 0 Å². The molecule has 0 aromatic heterocycles. The van der Waals surface area contributed by atoms with Gasteiger partial charge in [0.1, 0.15) is 42.7 Å². The van der Waals surface area contributed by atoms with E-state index in [0.717, 1.165) is 32.1 Å². The third kappa shape index (κ3) is 5.70. The van der Waals surface area contributed by atoms with Gasteiger partial charge >= 0.3 is 0 Å². The number of hydrogen-bond acceptors (Lipinski definition) is 14. The Labute approximate surface area is 324 Å². The van der Waals surface area contributed by atoms with E-state index >= 15 is 0 Å². The molecular formula is C41H68O14. The third-order valence-electron chi connectivity index (χ3n) is 17.6. The number of rotatable bonds is 7. The molecule has 316 valence electrons. The Kier molecular flexibility index (Phi) is 9.90. The van der Waals surface area contributed by atoms with E-state index in [1.54, 1.807) is 13.8 Å². The summed E-state index contributed by atoms with van der Waals surface area (Å²) in [6.07, 6.45) is -7.48. The van der Waals surface area contributed by atoms with Crippen molar-refractivity contribution in [3.63, 3.8) is 0 Å². The van der Waals surface area contributed by atoms with Crippen LogP contribution in [-0.2, 0) is 23.7 Å². The van der Waals surface area contributed by atoms with Gasteiger partial charge in [-0.1, -0.05) is 27.7 Å². The van der Waals surface area contributed by atoms with E-state index in [9.17, 15) is 46.0 Å². The molecule has 55 heavy (non-hydrogen) atoms. The summed E-state index contributed by atoms with van der Waals surface area (Å²) in [4.78, 5) is 0. The molecule has 8 aliphatic rings. The van der Waals surface area contributed by atoms with E-state index in [1.807, 2.05) is 0 Å². The lowest BCUT2D eigenvalue weighted by Gasteiger charge is -2.65. The van der Waals surface area contributed by atoms with Gasteiger partial charge in [-0.3, -0.25) is 0 Å². The minimum Gasteiger partial charge on any atom is -0.394 e. The quantitative estimate of drug-likeness (QED) is 0.162. The van der Waals surface area contributed by atoms with E-state index in [-0.39, 0.29) is 52.1 Å². The van der Waals surface area contributed by atoms with Crippen LogP contribution in [0, 0.1) is 44.8 Å². The normalized spacial score (nSPS) is 58.7. The maximum absolute atomic E-state index is 12.2. The smallest absolute Gasteiger partial charge is 0.186 e. The highest BCUT2D eigenvalue weighted by molar-refractivity contribution is 5.33. The van der Waals surface area contributed by atoms with Gasteiger partial charge in [-0.05, 0) is 117 Å². The molecule has 0 aromatic rings. The predicted octanol–water partition coefficient (Wildman–Crippen LogP) is 0.724. The fraction of sp³-hybridized carbons (Fsp3) is 1.00. The zero-order valence-corrected chi connectivity index (χ0v) is 33.6. The summed E-state index contributed by atoms with van der Waals surface area (Å²) in [6.45, 7) is 13.8. The Bertz CT molecular complexity index is 1460. The first-order valence-electron chi connectivity index (χ1n) is 20.9. The first kappa shape index (κ1) is 41.2. The average molecular weight is 785 g/mol. The van der Waals surface area contributed by atoms with Crippen molar-refractivity contribution in [1.29, 1.82) is 0 Å². The summed E-state index contributed by atoms with van der Waals surface area (Å²) < 4.78 is 31.9. The number of fused-ring (bicyclic) bond motifs is 2. The molecule has 3 aliphatic heterocycles. The lowest BCUT2D eigenvalue weighted by atomic mass is 9.41. The van der Waals surface area contributed by atoms with Crippen molar-refractivity contribution in [2.24, 2.45) is 44.8 Å². The minimum atomic E-state index is -1.60. The van der Waals surface area contributed by atoms with E-state index in [0.29, 0.717) is 25.7 Å². The Hall–Kier alpha value is -0.560. The predicted molar refractivity (Wildman–Crippen MR) is 194 cm³/mol. The molecule has 0 aromatic carbocycles. The fourth-order valence-corrected chi connectivity index (χ4v) is 14.9. The summed E-state index contributed by atoms with van der Waals surface area (Å²) in [7, 11) is 0. The van der Waals surface area contributed by atoms with Crippen LogP contribution in [-0.4, -0.2) is 150 Å². The SMILES string of the molecule is CC(C)(O)[C@@H]1CC[C@](C)([C@@H]2[C@@H](O)C[C@@]3(C)[C@@H]4C[C@H](O[C@@H]5O[C@H](CO)[C@@H](O)[C@H](O)[C@H]5O)[C@@H]5C(C)(C)[C@@H](O[C@H]6OC[C@@H](O)[C@H](O)[C@H]6O)CC[C@@]56C[C@@]46CC[C@]23C)O1. The summed E-state index contributed by atoms with van der Waals surface area (Å²) in [5, 5.41) is 97.2. The van der Waals surface area contributed by atoms with Crippen LogP contribution in [0.2, 0.25) is 0 Å². The van der Waals surface area contributed by atoms with Gasteiger partial charge in [0, 0.05) is 5.92 Å². The molecule has 8 rings (SSSR count). The second-order valence-electron chi connectivity index (χ2n) is 21.1. The van der Waals surface area contributed by atoms with Crippen molar-refractivity contribution >= 4 is 0 Å². The second kappa shape index (κ2) is 13.2. The molecule has 14 heteroatoms. The van der Waals surface area contributed by atoms with Crippen molar-refractivity contribution in [2.75, 3.05) is 13.2 Å². The van der Waals surface area contributed by atoms with Gasteiger partial charge in [0.05, 0.1) is 48.8 Å². The van der Waals surface area contributed by atoms with Gasteiger partial charge in [-0.25, -0.2) is 0 Å². The number of aliphatic hydroxyl groups is 9. The van der Waals surface area contributed by atoms with Crippen molar-refractivity contribution in [2.45, 2.75) is 197 Å². The maximum Gasteiger partial charge on any atom is 0.186 e. The van der Waals surface area contributed by atoms with Gasteiger partial charge in [0.15, 0.2) is 12.6 Å². The number of hydrogen-bond donors (Lipinski definition) is 9. The molecule has 8 fully saturated rings. The Morgan fingerprint density at radius 3 is 2.05 bits per heavy atom. The van der Waals surface area contributed by atoms with Gasteiger partial charge < -0.3 is 69.6 Å². The Morgan fingerprint density at radius 1 is 0.709 bits per heavy atom. The van der Waals surface area contributed by atoms with E-state index in [4.69, 9.17) is 23.7 Å². The van der Waals surface area contributed by atoms with Crippen LogP contribution >= 0.6 is 0 Å². The van der Waals surface area contributed by atoms with Crippen LogP contribution in [0.3, 0.4) is 0 Å². The molecule has 0 amide bonds. The standard InChI is InChI=1S/C41H68O14/c1-35(2)24(54-33-29(48)26(45)20(44)17-51-33)9-11-41-18-40(41)13-12-37(5)31(39(7)10-8-25(55-39)36(3,4)50)19(43)15-38(37,6)23(40)14-21(32(35)41)52-34-30(49)28(47)27(46)22(16-42)53-34/h19-34,42-50H,8-18H2,1-7H3/t19-,20+,21-,22+,23-,24-,25-,26-,27+,28-,29+,30+,31+,32+,33+,34+,37+,38-,39+,40-,41+/m0/s1. The number of ether oxygens (including phenoxy) is 5. The molecule has 0 bridgehead atoms. The lowest BCUT2D eigenvalue weighted by molar-refractivity contribution is -0.339. The van der Waals surface area contributed by atoms with Crippen LogP contribution in [0.1, 0.15) is 106 Å². The molecule has 9 N–H and O–H groups in total. The maximum atomic E-state index is 12.2. The zero-order valence-electron chi connectivity index (χ0n) is 33.6. The largest absolute Gasteiger partial charge is 0.394 e. The summed E-state index contributed by atoms with van der Waals surface area (Å²) in [5.74, 6) is -0.215. The molecule has 5 saturated carbocycles. The Balaban J connectivity index is 1.15. The first-order chi connectivity index (χ1) is 25.5. The highest BCUT2D eigenvalue weighted by Gasteiger charge is 2.85. The van der Waals surface area contributed by atoms with Crippen molar-refractivity contribution in [3.8, 4) is 0 Å². The van der Waals surface area contributed by atoms with Crippen molar-refractivity contribution in [3.05, 3.63) is 0 Å². The highest BCUT2D eigenvalue weighted by Crippen LogP contribution is 2.89. The third-order valence-corrected chi connectivity index (χ3v) is 17.6. The van der Waals surface area contributed by atoms with Crippen LogP contribution in [0.5, 0.6) is 0 Å². The molecule has 3 saturated heterocycles. The van der Waals surface area contributed by atoms with Crippen LogP contribution in [0.4, 0.5) is 0 Å². The monoisotopic (exact) mass is 784 g/mol. The fourth-order valence-electron chi connectivity index (χ4n) is 14.9. The van der Waals surface area contributed by atoms with Crippen molar-refractivity contribution in [1.82, 2.24) is 0 Å². The lowest BCUT2D eigenvalue weighted by Crippen LogP contribution is -2.65. The molecular weight excluding hydrogens is 716 g/mol. The van der Waals surface area contributed by atoms with E-state index in [1.165, 1.54) is 0 Å². The summed E-state index contributed by atoms with van der Waals surface area (Å²) >= 11 is 0. The number of aliphatic hydroxyl groups excluding tert-OH is 8. The minimum absolute atomic E-state index is 0.0633. The topological polar surface area (TPSA) is 228 Å². The van der Waals surface area contributed by atoms with Gasteiger partial charge in [0.2, 0.25) is 0 Å². The first-order valence-corrected chi connectivity index (χ1v) is 20.9. The van der Waals surface area contributed by atoms with E-state index in [2.05, 4.69) is 34.6 Å².